The number of amides is 1. The largest absolute Gasteiger partial charge is 0.479 e. The molecule has 1 unspecified atom stereocenters. The van der Waals surface area contributed by atoms with Crippen molar-refractivity contribution in [3.63, 3.8) is 0 Å². The van der Waals surface area contributed by atoms with E-state index >= 15 is 0 Å². The number of fused-ring (bicyclic) bond motifs is 1. The molecule has 1 aromatic carbocycles. The lowest BCUT2D eigenvalue weighted by molar-refractivity contribution is -0.122. The number of carbonyl (C=O) groups excluding carboxylic acids is 1. The molecule has 2 heterocycles. The fourth-order valence-corrected chi connectivity index (χ4v) is 2.31. The van der Waals surface area contributed by atoms with Crippen LogP contribution in [-0.4, -0.2) is 16.6 Å². The summed E-state index contributed by atoms with van der Waals surface area (Å²) in [4.78, 5) is 11.6. The van der Waals surface area contributed by atoms with Crippen molar-refractivity contribution in [2.75, 3.05) is 10.6 Å². The SMILES string of the molecule is CCn1ccc(CNc2ccc3c(c2)NC(=O)C(C)O3)c1. The van der Waals surface area contributed by atoms with Crippen LogP contribution in [0, 0.1) is 0 Å². The second kappa shape index (κ2) is 5.52. The summed E-state index contributed by atoms with van der Waals surface area (Å²) in [5, 5.41) is 6.21. The van der Waals surface area contributed by atoms with Crippen LogP contribution in [0.1, 0.15) is 19.4 Å². The van der Waals surface area contributed by atoms with Crippen LogP contribution in [0.4, 0.5) is 11.4 Å². The highest BCUT2D eigenvalue weighted by molar-refractivity contribution is 5.98. The summed E-state index contributed by atoms with van der Waals surface area (Å²) in [6.07, 6.45) is 3.75. The molecule has 21 heavy (non-hydrogen) atoms. The third kappa shape index (κ3) is 2.86. The molecular formula is C16H19N3O2. The Morgan fingerprint density at radius 1 is 1.38 bits per heavy atom. The van der Waals surface area contributed by atoms with Gasteiger partial charge in [0, 0.05) is 31.2 Å². The van der Waals surface area contributed by atoms with Gasteiger partial charge in [0.05, 0.1) is 5.69 Å². The molecule has 110 valence electrons. The molecule has 0 saturated carbocycles. The van der Waals surface area contributed by atoms with E-state index < -0.39 is 6.10 Å². The van der Waals surface area contributed by atoms with Gasteiger partial charge in [0.15, 0.2) is 6.10 Å². The van der Waals surface area contributed by atoms with Crippen molar-refractivity contribution in [2.24, 2.45) is 0 Å². The second-order valence-corrected chi connectivity index (χ2v) is 5.16. The average Bonchev–Trinajstić information content (AvgIpc) is 2.94. The quantitative estimate of drug-likeness (QED) is 0.908. The van der Waals surface area contributed by atoms with Gasteiger partial charge in [-0.1, -0.05) is 0 Å². The van der Waals surface area contributed by atoms with E-state index in [4.69, 9.17) is 4.74 Å². The van der Waals surface area contributed by atoms with Gasteiger partial charge in [0.1, 0.15) is 5.75 Å². The molecule has 1 atom stereocenters. The molecule has 0 aliphatic carbocycles. The summed E-state index contributed by atoms with van der Waals surface area (Å²) in [7, 11) is 0. The Labute approximate surface area is 123 Å². The van der Waals surface area contributed by atoms with Crippen LogP contribution >= 0.6 is 0 Å². The number of ether oxygens (including phenoxy) is 1. The maximum Gasteiger partial charge on any atom is 0.265 e. The van der Waals surface area contributed by atoms with Crippen LogP contribution in [0.2, 0.25) is 0 Å². The Morgan fingerprint density at radius 3 is 3.00 bits per heavy atom. The van der Waals surface area contributed by atoms with Crippen molar-refractivity contribution in [1.29, 1.82) is 0 Å². The lowest BCUT2D eigenvalue weighted by Gasteiger charge is -2.23. The monoisotopic (exact) mass is 285 g/mol. The molecule has 2 aromatic rings. The van der Waals surface area contributed by atoms with Gasteiger partial charge < -0.3 is 19.9 Å². The number of hydrogen-bond donors (Lipinski definition) is 2. The fourth-order valence-electron chi connectivity index (χ4n) is 2.31. The number of carbonyl (C=O) groups is 1. The Hall–Kier alpha value is -2.43. The van der Waals surface area contributed by atoms with E-state index in [0.29, 0.717) is 11.4 Å². The van der Waals surface area contributed by atoms with Gasteiger partial charge in [-0.25, -0.2) is 0 Å². The summed E-state index contributed by atoms with van der Waals surface area (Å²) < 4.78 is 7.67. The molecule has 0 spiro atoms. The minimum absolute atomic E-state index is 0.111. The van der Waals surface area contributed by atoms with Crippen molar-refractivity contribution in [2.45, 2.75) is 33.0 Å². The molecule has 5 nitrogen and oxygen atoms in total. The van der Waals surface area contributed by atoms with Crippen LogP contribution in [0.25, 0.3) is 0 Å². The van der Waals surface area contributed by atoms with Gasteiger partial charge in [0.2, 0.25) is 0 Å². The topological polar surface area (TPSA) is 55.3 Å². The standard InChI is InChI=1S/C16H19N3O2/c1-3-19-7-6-12(10-19)9-17-13-4-5-15-14(8-13)18-16(20)11(2)21-15/h4-8,10-11,17H,3,9H2,1-2H3,(H,18,20). The first-order valence-electron chi connectivity index (χ1n) is 7.16. The van der Waals surface area contributed by atoms with Crippen LogP contribution in [0.5, 0.6) is 5.75 Å². The highest BCUT2D eigenvalue weighted by Crippen LogP contribution is 2.32. The smallest absolute Gasteiger partial charge is 0.265 e. The summed E-state index contributed by atoms with van der Waals surface area (Å²) in [6.45, 7) is 5.57. The number of benzene rings is 1. The molecule has 1 amide bonds. The molecular weight excluding hydrogens is 266 g/mol. The van der Waals surface area contributed by atoms with E-state index in [1.54, 1.807) is 6.92 Å². The third-order valence-electron chi connectivity index (χ3n) is 3.58. The van der Waals surface area contributed by atoms with E-state index in [1.165, 1.54) is 5.56 Å². The zero-order chi connectivity index (χ0) is 14.8. The zero-order valence-electron chi connectivity index (χ0n) is 12.2. The minimum Gasteiger partial charge on any atom is -0.479 e. The normalized spacial score (nSPS) is 16.9. The van der Waals surface area contributed by atoms with E-state index in [0.717, 1.165) is 18.8 Å². The fraction of sp³-hybridized carbons (Fsp3) is 0.312. The molecule has 5 heteroatoms. The van der Waals surface area contributed by atoms with Crippen molar-refractivity contribution in [3.05, 3.63) is 42.2 Å². The van der Waals surface area contributed by atoms with Crippen LogP contribution in [0.3, 0.4) is 0 Å². The number of nitrogens with one attached hydrogen (secondary N) is 2. The van der Waals surface area contributed by atoms with Gasteiger partial charge >= 0.3 is 0 Å². The highest BCUT2D eigenvalue weighted by Gasteiger charge is 2.23. The summed E-state index contributed by atoms with van der Waals surface area (Å²) in [5.74, 6) is 0.601. The number of rotatable bonds is 4. The molecule has 1 aromatic heterocycles. The van der Waals surface area contributed by atoms with Crippen LogP contribution in [-0.2, 0) is 17.9 Å². The predicted molar refractivity (Wildman–Crippen MR) is 82.6 cm³/mol. The van der Waals surface area contributed by atoms with E-state index in [2.05, 4.69) is 40.6 Å². The Kier molecular flexibility index (Phi) is 3.56. The molecule has 0 fully saturated rings. The van der Waals surface area contributed by atoms with E-state index in [-0.39, 0.29) is 5.91 Å². The van der Waals surface area contributed by atoms with E-state index in [9.17, 15) is 4.79 Å². The maximum atomic E-state index is 11.6. The first kappa shape index (κ1) is 13.5. The van der Waals surface area contributed by atoms with Gasteiger partial charge in [-0.05, 0) is 43.7 Å². The van der Waals surface area contributed by atoms with Gasteiger partial charge in [-0.15, -0.1) is 0 Å². The first-order valence-corrected chi connectivity index (χ1v) is 7.16. The van der Waals surface area contributed by atoms with Gasteiger partial charge in [-0.2, -0.15) is 0 Å². The van der Waals surface area contributed by atoms with Crippen LogP contribution in [0.15, 0.2) is 36.7 Å². The Morgan fingerprint density at radius 2 is 2.24 bits per heavy atom. The molecule has 1 aliphatic heterocycles. The minimum atomic E-state index is -0.440. The lowest BCUT2D eigenvalue weighted by atomic mass is 10.2. The zero-order valence-corrected chi connectivity index (χ0v) is 12.2. The number of nitrogens with zero attached hydrogens (tertiary/aromatic N) is 1. The summed E-state index contributed by atoms with van der Waals surface area (Å²) in [6, 6.07) is 7.84. The molecule has 2 N–H and O–H groups in total. The highest BCUT2D eigenvalue weighted by atomic mass is 16.5. The predicted octanol–water partition coefficient (Wildman–Crippen LogP) is 2.84. The second-order valence-electron chi connectivity index (χ2n) is 5.16. The third-order valence-corrected chi connectivity index (χ3v) is 3.58. The van der Waals surface area contributed by atoms with Gasteiger partial charge in [-0.3, -0.25) is 4.79 Å². The number of aromatic nitrogens is 1. The van der Waals surface area contributed by atoms with E-state index in [1.807, 2.05) is 18.2 Å². The van der Waals surface area contributed by atoms with Crippen molar-refractivity contribution in [1.82, 2.24) is 4.57 Å². The lowest BCUT2D eigenvalue weighted by Crippen LogP contribution is -2.34. The van der Waals surface area contributed by atoms with Crippen LogP contribution < -0.4 is 15.4 Å². The molecule has 0 radical (unpaired) electrons. The van der Waals surface area contributed by atoms with Gasteiger partial charge in [0.25, 0.3) is 5.91 Å². The average molecular weight is 285 g/mol. The molecule has 0 bridgehead atoms. The molecule has 0 saturated heterocycles. The summed E-state index contributed by atoms with van der Waals surface area (Å²) in [5.41, 5.74) is 2.90. The molecule has 3 rings (SSSR count). The maximum absolute atomic E-state index is 11.6. The number of hydrogen-bond acceptors (Lipinski definition) is 3. The van der Waals surface area contributed by atoms with Crippen molar-refractivity contribution >= 4 is 17.3 Å². The Bertz CT molecular complexity index is 663. The number of aryl methyl sites for hydroxylation is 1. The molecule has 1 aliphatic rings. The Balaban J connectivity index is 1.69. The van der Waals surface area contributed by atoms with Crippen molar-refractivity contribution in [3.8, 4) is 5.75 Å². The number of anilines is 2. The summed E-state index contributed by atoms with van der Waals surface area (Å²) >= 11 is 0. The first-order chi connectivity index (χ1) is 10.2. The van der Waals surface area contributed by atoms with Crippen molar-refractivity contribution < 1.29 is 9.53 Å².